The molecule has 2 N–H and O–H groups in total. The molecule has 98 valence electrons. The number of para-hydroxylation sites is 1. The van der Waals surface area contributed by atoms with E-state index in [0.717, 1.165) is 31.4 Å². The fourth-order valence-electron chi connectivity index (χ4n) is 3.01. The summed E-state index contributed by atoms with van der Waals surface area (Å²) in [6, 6.07) is 10.3. The lowest BCUT2D eigenvalue weighted by atomic mass is 9.92. The van der Waals surface area contributed by atoms with Gasteiger partial charge in [-0.2, -0.15) is 0 Å². The fourth-order valence-corrected chi connectivity index (χ4v) is 3.01. The Morgan fingerprint density at radius 2 is 2.06 bits per heavy atom. The normalized spacial score (nSPS) is 27.1. The maximum Gasteiger partial charge on any atom is 0.306 e. The minimum Gasteiger partial charge on any atom is -0.481 e. The number of aliphatic carboxylic acids is 1. The Hall–Kier alpha value is -1.51. The summed E-state index contributed by atoms with van der Waals surface area (Å²) in [5.41, 5.74) is 1.09. The number of hydrogen-bond acceptors (Lipinski definition) is 2. The van der Waals surface area contributed by atoms with Gasteiger partial charge in [0.05, 0.1) is 5.92 Å². The molecule has 1 aromatic carbocycles. The Labute approximate surface area is 108 Å². The summed E-state index contributed by atoms with van der Waals surface area (Å²) in [5.74, 6) is -0.481. The van der Waals surface area contributed by atoms with E-state index in [1.165, 1.54) is 0 Å². The highest BCUT2D eigenvalue weighted by atomic mass is 16.4. The second kappa shape index (κ2) is 5.89. The van der Waals surface area contributed by atoms with Crippen LogP contribution in [0.4, 0.5) is 5.69 Å². The van der Waals surface area contributed by atoms with E-state index < -0.39 is 5.97 Å². The summed E-state index contributed by atoms with van der Waals surface area (Å²) in [6.45, 7) is 2.12. The predicted octanol–water partition coefficient (Wildman–Crippen LogP) is 3.38. The number of anilines is 1. The molecule has 1 aliphatic rings. The average Bonchev–Trinajstić information content (AvgIpc) is 2.74. The molecule has 0 heterocycles. The van der Waals surface area contributed by atoms with Crippen LogP contribution >= 0.6 is 0 Å². The van der Waals surface area contributed by atoms with Crippen LogP contribution in [0.25, 0.3) is 0 Å². The molecule has 3 atom stereocenters. The smallest absolute Gasteiger partial charge is 0.306 e. The Kier molecular flexibility index (Phi) is 4.24. The van der Waals surface area contributed by atoms with Gasteiger partial charge in [-0.15, -0.1) is 0 Å². The summed E-state index contributed by atoms with van der Waals surface area (Å²) in [4.78, 5) is 11.3. The van der Waals surface area contributed by atoms with Crippen LogP contribution in [-0.2, 0) is 4.79 Å². The molecule has 0 radical (unpaired) electrons. The molecule has 0 aliphatic heterocycles. The van der Waals surface area contributed by atoms with E-state index >= 15 is 0 Å². The first kappa shape index (κ1) is 12.9. The quantitative estimate of drug-likeness (QED) is 0.838. The van der Waals surface area contributed by atoms with Crippen molar-refractivity contribution in [1.82, 2.24) is 0 Å². The van der Waals surface area contributed by atoms with Gasteiger partial charge in [0, 0.05) is 11.7 Å². The third-order valence-corrected chi connectivity index (χ3v) is 3.82. The van der Waals surface area contributed by atoms with Crippen LogP contribution in [0.3, 0.4) is 0 Å². The molecule has 0 saturated heterocycles. The second-order valence-corrected chi connectivity index (χ2v) is 5.17. The van der Waals surface area contributed by atoms with Gasteiger partial charge < -0.3 is 10.4 Å². The molecular weight excluding hydrogens is 226 g/mol. The van der Waals surface area contributed by atoms with Crippen LogP contribution in [0.2, 0.25) is 0 Å². The van der Waals surface area contributed by atoms with E-state index in [0.29, 0.717) is 12.0 Å². The zero-order valence-corrected chi connectivity index (χ0v) is 10.8. The predicted molar refractivity (Wildman–Crippen MR) is 72.6 cm³/mol. The molecule has 0 aromatic heterocycles. The molecule has 0 bridgehead atoms. The minimum atomic E-state index is -0.634. The van der Waals surface area contributed by atoms with Gasteiger partial charge in [0.1, 0.15) is 0 Å². The van der Waals surface area contributed by atoms with Gasteiger partial charge in [-0.05, 0) is 37.3 Å². The summed E-state index contributed by atoms with van der Waals surface area (Å²) in [7, 11) is 0. The molecule has 1 saturated carbocycles. The first-order valence-corrected chi connectivity index (χ1v) is 6.75. The van der Waals surface area contributed by atoms with Gasteiger partial charge in [0.15, 0.2) is 0 Å². The number of carbonyl (C=O) groups is 1. The minimum absolute atomic E-state index is 0.175. The standard InChI is InChI=1S/C15H21NO2/c1-2-6-11-9-13(10-14(11)15(17)18)16-12-7-4-3-5-8-12/h3-5,7-8,11,13-14,16H,2,6,9-10H2,1H3,(H,17,18)/t11-,13-,14+/m0/s1. The molecule has 1 fully saturated rings. The van der Waals surface area contributed by atoms with E-state index in [9.17, 15) is 9.90 Å². The monoisotopic (exact) mass is 247 g/mol. The molecule has 3 heteroatoms. The van der Waals surface area contributed by atoms with Crippen LogP contribution in [0.5, 0.6) is 0 Å². The highest BCUT2D eigenvalue weighted by Gasteiger charge is 2.37. The number of benzene rings is 1. The first-order valence-electron chi connectivity index (χ1n) is 6.75. The van der Waals surface area contributed by atoms with E-state index in [1.807, 2.05) is 30.3 Å². The van der Waals surface area contributed by atoms with Gasteiger partial charge in [0.25, 0.3) is 0 Å². The molecule has 0 spiro atoms. The maximum absolute atomic E-state index is 11.3. The van der Waals surface area contributed by atoms with Crippen molar-refractivity contribution >= 4 is 11.7 Å². The summed E-state index contributed by atoms with van der Waals surface area (Å²) in [6.07, 6.45) is 3.80. The largest absolute Gasteiger partial charge is 0.481 e. The van der Waals surface area contributed by atoms with Crippen molar-refractivity contribution in [1.29, 1.82) is 0 Å². The fraction of sp³-hybridized carbons (Fsp3) is 0.533. The van der Waals surface area contributed by atoms with Crippen LogP contribution in [0.15, 0.2) is 30.3 Å². The van der Waals surface area contributed by atoms with E-state index in [2.05, 4.69) is 12.2 Å². The van der Waals surface area contributed by atoms with Crippen molar-refractivity contribution in [2.24, 2.45) is 11.8 Å². The van der Waals surface area contributed by atoms with Gasteiger partial charge >= 0.3 is 5.97 Å². The van der Waals surface area contributed by atoms with E-state index in [-0.39, 0.29) is 5.92 Å². The molecule has 0 amide bonds. The SMILES string of the molecule is CCC[C@H]1C[C@H](Nc2ccccc2)C[C@H]1C(=O)O. The lowest BCUT2D eigenvalue weighted by Gasteiger charge is -2.14. The zero-order chi connectivity index (χ0) is 13.0. The van der Waals surface area contributed by atoms with Crippen molar-refractivity contribution < 1.29 is 9.90 Å². The van der Waals surface area contributed by atoms with Crippen molar-refractivity contribution in [3.63, 3.8) is 0 Å². The molecule has 2 rings (SSSR count). The van der Waals surface area contributed by atoms with Crippen molar-refractivity contribution in [2.75, 3.05) is 5.32 Å². The summed E-state index contributed by atoms with van der Waals surface area (Å²) >= 11 is 0. The molecule has 1 aliphatic carbocycles. The zero-order valence-electron chi connectivity index (χ0n) is 10.8. The average molecular weight is 247 g/mol. The number of rotatable bonds is 5. The van der Waals surface area contributed by atoms with Crippen LogP contribution in [0, 0.1) is 11.8 Å². The molecular formula is C15H21NO2. The number of hydrogen-bond donors (Lipinski definition) is 2. The third kappa shape index (κ3) is 3.03. The Morgan fingerprint density at radius 1 is 1.33 bits per heavy atom. The highest BCUT2D eigenvalue weighted by Crippen LogP contribution is 2.36. The molecule has 18 heavy (non-hydrogen) atoms. The third-order valence-electron chi connectivity index (χ3n) is 3.82. The van der Waals surface area contributed by atoms with Crippen LogP contribution in [0.1, 0.15) is 32.6 Å². The summed E-state index contributed by atoms with van der Waals surface area (Å²) in [5, 5.41) is 12.7. The number of nitrogens with one attached hydrogen (secondary N) is 1. The Bertz CT molecular complexity index is 391. The number of carboxylic acids is 1. The van der Waals surface area contributed by atoms with E-state index in [1.54, 1.807) is 0 Å². The Morgan fingerprint density at radius 3 is 2.67 bits per heavy atom. The van der Waals surface area contributed by atoms with Gasteiger partial charge in [0.2, 0.25) is 0 Å². The number of carboxylic acid groups (broad SMARTS) is 1. The van der Waals surface area contributed by atoms with Crippen molar-refractivity contribution in [3.05, 3.63) is 30.3 Å². The van der Waals surface area contributed by atoms with E-state index in [4.69, 9.17) is 0 Å². The highest BCUT2D eigenvalue weighted by molar-refractivity contribution is 5.71. The maximum atomic E-state index is 11.3. The molecule has 0 unspecified atom stereocenters. The summed E-state index contributed by atoms with van der Waals surface area (Å²) < 4.78 is 0. The van der Waals surface area contributed by atoms with Gasteiger partial charge in [-0.25, -0.2) is 0 Å². The Balaban J connectivity index is 1.98. The van der Waals surface area contributed by atoms with Crippen LogP contribution < -0.4 is 5.32 Å². The topological polar surface area (TPSA) is 49.3 Å². The lowest BCUT2D eigenvalue weighted by Crippen LogP contribution is -2.19. The lowest BCUT2D eigenvalue weighted by molar-refractivity contribution is -0.143. The van der Waals surface area contributed by atoms with Crippen molar-refractivity contribution in [3.8, 4) is 0 Å². The van der Waals surface area contributed by atoms with Gasteiger partial charge in [-0.3, -0.25) is 4.79 Å². The molecule has 3 nitrogen and oxygen atoms in total. The molecule has 1 aromatic rings. The first-order chi connectivity index (χ1) is 8.70. The van der Waals surface area contributed by atoms with Crippen LogP contribution in [-0.4, -0.2) is 17.1 Å². The van der Waals surface area contributed by atoms with Gasteiger partial charge in [-0.1, -0.05) is 31.5 Å². The second-order valence-electron chi connectivity index (χ2n) is 5.17. The van der Waals surface area contributed by atoms with Crippen molar-refractivity contribution in [2.45, 2.75) is 38.6 Å².